The quantitative estimate of drug-likeness (QED) is 0.510. The molecule has 0 aromatic rings. The monoisotopic (exact) mass is 194 g/mol. The summed E-state index contributed by atoms with van der Waals surface area (Å²) in [5.74, 6) is 0.827. The molecule has 1 saturated carbocycles. The van der Waals surface area contributed by atoms with Crippen LogP contribution < -0.4 is 0 Å². The SMILES string of the molecule is C=C(C)C1CCCCCCCCCC1. The van der Waals surface area contributed by atoms with Crippen molar-refractivity contribution in [2.75, 3.05) is 0 Å². The van der Waals surface area contributed by atoms with E-state index in [0.29, 0.717) is 0 Å². The summed E-state index contributed by atoms with van der Waals surface area (Å²) in [5, 5.41) is 0. The maximum absolute atomic E-state index is 4.13. The second kappa shape index (κ2) is 7.09. The number of rotatable bonds is 1. The molecule has 82 valence electrons. The summed E-state index contributed by atoms with van der Waals surface area (Å²) in [4.78, 5) is 0. The summed E-state index contributed by atoms with van der Waals surface area (Å²) in [5.41, 5.74) is 1.42. The highest BCUT2D eigenvalue weighted by molar-refractivity contribution is 4.95. The maximum Gasteiger partial charge on any atom is -0.0209 e. The van der Waals surface area contributed by atoms with E-state index in [0.717, 1.165) is 5.92 Å². The Bertz CT molecular complexity index is 145. The van der Waals surface area contributed by atoms with Crippen LogP contribution in [0.5, 0.6) is 0 Å². The number of allylic oxidation sites excluding steroid dienone is 1. The van der Waals surface area contributed by atoms with Crippen molar-refractivity contribution in [3.8, 4) is 0 Å². The molecular weight excluding hydrogens is 168 g/mol. The molecule has 0 unspecified atom stereocenters. The zero-order chi connectivity index (χ0) is 10.2. The van der Waals surface area contributed by atoms with Gasteiger partial charge in [-0.05, 0) is 25.7 Å². The molecule has 1 fully saturated rings. The molecule has 0 spiro atoms. The summed E-state index contributed by atoms with van der Waals surface area (Å²) >= 11 is 0. The second-order valence-corrected chi connectivity index (χ2v) is 4.95. The summed E-state index contributed by atoms with van der Waals surface area (Å²) < 4.78 is 0. The third-order valence-corrected chi connectivity index (χ3v) is 3.55. The maximum atomic E-state index is 4.13. The van der Waals surface area contributed by atoms with Gasteiger partial charge in [0.25, 0.3) is 0 Å². The lowest BCUT2D eigenvalue weighted by atomic mass is 9.90. The highest BCUT2D eigenvalue weighted by Crippen LogP contribution is 2.25. The van der Waals surface area contributed by atoms with Gasteiger partial charge in [0.1, 0.15) is 0 Å². The molecule has 0 heterocycles. The number of hydrogen-bond acceptors (Lipinski definition) is 0. The van der Waals surface area contributed by atoms with Crippen LogP contribution in [0, 0.1) is 5.92 Å². The Morgan fingerprint density at radius 1 is 0.786 bits per heavy atom. The van der Waals surface area contributed by atoms with Gasteiger partial charge < -0.3 is 0 Å². The Morgan fingerprint density at radius 2 is 1.14 bits per heavy atom. The summed E-state index contributed by atoms with van der Waals surface area (Å²) in [6, 6.07) is 0. The van der Waals surface area contributed by atoms with Gasteiger partial charge in [0, 0.05) is 0 Å². The van der Waals surface area contributed by atoms with Crippen molar-refractivity contribution < 1.29 is 0 Å². The van der Waals surface area contributed by atoms with Crippen LogP contribution in [0.15, 0.2) is 12.2 Å². The molecule has 1 aliphatic rings. The molecule has 1 rings (SSSR count). The third-order valence-electron chi connectivity index (χ3n) is 3.55. The molecule has 0 nitrogen and oxygen atoms in total. The van der Waals surface area contributed by atoms with Crippen LogP contribution in [0.4, 0.5) is 0 Å². The van der Waals surface area contributed by atoms with Crippen molar-refractivity contribution in [3.05, 3.63) is 12.2 Å². The molecule has 0 aromatic carbocycles. The standard InChI is InChI=1S/C14H26/c1-13(2)14-11-9-7-5-3-4-6-8-10-12-14/h14H,1,3-12H2,2H3. The summed E-state index contributed by atoms with van der Waals surface area (Å²) in [6.07, 6.45) is 14.4. The second-order valence-electron chi connectivity index (χ2n) is 4.95. The molecule has 0 atom stereocenters. The minimum Gasteiger partial charge on any atom is -0.0999 e. The molecular formula is C14H26. The van der Waals surface area contributed by atoms with Gasteiger partial charge in [-0.25, -0.2) is 0 Å². The van der Waals surface area contributed by atoms with Crippen molar-refractivity contribution in [3.63, 3.8) is 0 Å². The van der Waals surface area contributed by atoms with Crippen LogP contribution >= 0.6 is 0 Å². The van der Waals surface area contributed by atoms with Gasteiger partial charge >= 0.3 is 0 Å². The van der Waals surface area contributed by atoms with E-state index in [4.69, 9.17) is 0 Å². The summed E-state index contributed by atoms with van der Waals surface area (Å²) in [7, 11) is 0. The predicted molar refractivity (Wildman–Crippen MR) is 64.5 cm³/mol. The average Bonchev–Trinajstić information content (AvgIpc) is 2.21. The molecule has 1 aliphatic carbocycles. The van der Waals surface area contributed by atoms with E-state index in [1.807, 2.05) is 0 Å². The predicted octanol–water partition coefficient (Wildman–Crippen LogP) is 5.09. The Labute approximate surface area is 89.8 Å². The first-order valence-corrected chi connectivity index (χ1v) is 6.46. The van der Waals surface area contributed by atoms with E-state index in [2.05, 4.69) is 13.5 Å². The van der Waals surface area contributed by atoms with Crippen LogP contribution in [0.2, 0.25) is 0 Å². The van der Waals surface area contributed by atoms with Crippen LogP contribution in [-0.2, 0) is 0 Å². The van der Waals surface area contributed by atoms with Crippen molar-refractivity contribution >= 4 is 0 Å². The first-order valence-electron chi connectivity index (χ1n) is 6.46. The largest absolute Gasteiger partial charge is 0.0999 e. The van der Waals surface area contributed by atoms with Gasteiger partial charge in [-0.1, -0.05) is 63.5 Å². The fraction of sp³-hybridized carbons (Fsp3) is 0.857. The van der Waals surface area contributed by atoms with E-state index in [1.165, 1.54) is 69.8 Å². The summed E-state index contributed by atoms with van der Waals surface area (Å²) in [6.45, 7) is 6.34. The fourth-order valence-corrected chi connectivity index (χ4v) is 2.48. The van der Waals surface area contributed by atoms with Crippen molar-refractivity contribution in [2.24, 2.45) is 5.92 Å². The highest BCUT2D eigenvalue weighted by atomic mass is 14.1. The molecule has 0 amide bonds. The molecule has 0 aromatic heterocycles. The van der Waals surface area contributed by atoms with E-state index < -0.39 is 0 Å². The van der Waals surface area contributed by atoms with Crippen molar-refractivity contribution in [1.29, 1.82) is 0 Å². The molecule has 0 radical (unpaired) electrons. The zero-order valence-corrected chi connectivity index (χ0v) is 9.86. The lowest BCUT2D eigenvalue weighted by Crippen LogP contribution is -2.01. The topological polar surface area (TPSA) is 0 Å². The molecule has 0 aliphatic heterocycles. The van der Waals surface area contributed by atoms with Crippen molar-refractivity contribution in [2.45, 2.75) is 71.1 Å². The Hall–Kier alpha value is -0.260. The van der Waals surface area contributed by atoms with Crippen molar-refractivity contribution in [1.82, 2.24) is 0 Å². The van der Waals surface area contributed by atoms with Gasteiger partial charge in [0.05, 0.1) is 0 Å². The van der Waals surface area contributed by atoms with Gasteiger partial charge in [0.2, 0.25) is 0 Å². The van der Waals surface area contributed by atoms with Crippen LogP contribution in [-0.4, -0.2) is 0 Å². The molecule has 0 heteroatoms. The molecule has 14 heavy (non-hydrogen) atoms. The molecule has 0 saturated heterocycles. The highest BCUT2D eigenvalue weighted by Gasteiger charge is 2.09. The van der Waals surface area contributed by atoms with Gasteiger partial charge in [-0.3, -0.25) is 0 Å². The normalized spacial score (nSPS) is 22.6. The van der Waals surface area contributed by atoms with Gasteiger partial charge in [-0.2, -0.15) is 0 Å². The Balaban J connectivity index is 2.31. The van der Waals surface area contributed by atoms with E-state index in [1.54, 1.807) is 0 Å². The fourth-order valence-electron chi connectivity index (χ4n) is 2.48. The lowest BCUT2D eigenvalue weighted by Gasteiger charge is -2.16. The Morgan fingerprint density at radius 3 is 1.50 bits per heavy atom. The zero-order valence-electron chi connectivity index (χ0n) is 9.86. The number of hydrogen-bond donors (Lipinski definition) is 0. The minimum atomic E-state index is 0.827. The average molecular weight is 194 g/mol. The third kappa shape index (κ3) is 4.83. The first kappa shape index (κ1) is 11.8. The van der Waals surface area contributed by atoms with E-state index >= 15 is 0 Å². The molecule has 0 N–H and O–H groups in total. The first-order chi connectivity index (χ1) is 6.80. The Kier molecular flexibility index (Phi) is 5.98. The van der Waals surface area contributed by atoms with E-state index in [9.17, 15) is 0 Å². The smallest absolute Gasteiger partial charge is 0.0209 e. The van der Waals surface area contributed by atoms with Crippen LogP contribution in [0.3, 0.4) is 0 Å². The van der Waals surface area contributed by atoms with Crippen LogP contribution in [0.25, 0.3) is 0 Å². The van der Waals surface area contributed by atoms with Gasteiger partial charge in [-0.15, -0.1) is 0 Å². The van der Waals surface area contributed by atoms with E-state index in [-0.39, 0.29) is 0 Å². The minimum absolute atomic E-state index is 0.827. The lowest BCUT2D eigenvalue weighted by molar-refractivity contribution is 0.468. The van der Waals surface area contributed by atoms with Gasteiger partial charge in [0.15, 0.2) is 0 Å². The van der Waals surface area contributed by atoms with Crippen LogP contribution in [0.1, 0.15) is 71.1 Å². The molecule has 0 bridgehead atoms.